The van der Waals surface area contributed by atoms with Gasteiger partial charge in [-0.05, 0) is 32.5 Å². The van der Waals surface area contributed by atoms with Gasteiger partial charge in [0.2, 0.25) is 0 Å². The van der Waals surface area contributed by atoms with Crippen LogP contribution in [-0.4, -0.2) is 49.7 Å². The number of oxazole rings is 1. The third-order valence-electron chi connectivity index (χ3n) is 3.37. The van der Waals surface area contributed by atoms with Gasteiger partial charge in [-0.15, -0.1) is 0 Å². The second-order valence-corrected chi connectivity index (χ2v) is 4.87. The summed E-state index contributed by atoms with van der Waals surface area (Å²) in [6, 6.07) is 0.724. The molecule has 0 radical (unpaired) electrons. The van der Waals surface area contributed by atoms with Gasteiger partial charge in [-0.3, -0.25) is 0 Å². The van der Waals surface area contributed by atoms with E-state index in [0.717, 1.165) is 37.9 Å². The van der Waals surface area contributed by atoms with E-state index in [1.54, 1.807) is 6.26 Å². The largest absolute Gasteiger partial charge is 0.432 e. The van der Waals surface area contributed by atoms with E-state index >= 15 is 0 Å². The molecule has 5 nitrogen and oxygen atoms in total. The lowest BCUT2D eigenvalue weighted by molar-refractivity contribution is 0.344. The Hall–Kier alpha value is -1.07. The molecule has 1 N–H and O–H groups in total. The Morgan fingerprint density at radius 2 is 2.22 bits per heavy atom. The number of hydrogen-bond donors (Lipinski definition) is 1. The Kier molecular flexibility index (Phi) is 5.01. The molecule has 1 aliphatic rings. The van der Waals surface area contributed by atoms with Crippen LogP contribution in [0.4, 0.5) is 6.01 Å². The molecule has 18 heavy (non-hydrogen) atoms. The van der Waals surface area contributed by atoms with Crippen LogP contribution in [0.1, 0.15) is 25.5 Å². The molecule has 0 bridgehead atoms. The molecule has 5 heteroatoms. The van der Waals surface area contributed by atoms with E-state index in [1.807, 2.05) is 7.05 Å². The van der Waals surface area contributed by atoms with Gasteiger partial charge in [-0.1, -0.05) is 6.92 Å². The number of rotatable bonds is 7. The lowest BCUT2D eigenvalue weighted by Gasteiger charge is -2.19. The molecule has 2 rings (SSSR count). The first kappa shape index (κ1) is 13.4. The molecule has 1 aromatic rings. The van der Waals surface area contributed by atoms with Crippen molar-refractivity contribution in [3.05, 3.63) is 12.0 Å². The van der Waals surface area contributed by atoms with Crippen molar-refractivity contribution >= 4 is 6.01 Å². The first-order chi connectivity index (χ1) is 8.79. The second kappa shape index (κ2) is 6.75. The van der Waals surface area contributed by atoms with Gasteiger partial charge < -0.3 is 19.5 Å². The Balaban J connectivity index is 1.76. The summed E-state index contributed by atoms with van der Waals surface area (Å²) in [5, 5.41) is 3.24. The summed E-state index contributed by atoms with van der Waals surface area (Å²) in [5.41, 5.74) is 0.972. The predicted molar refractivity (Wildman–Crippen MR) is 72.8 cm³/mol. The second-order valence-electron chi connectivity index (χ2n) is 4.87. The summed E-state index contributed by atoms with van der Waals surface area (Å²) >= 11 is 0. The average molecular weight is 252 g/mol. The highest BCUT2D eigenvalue weighted by atomic mass is 16.4. The van der Waals surface area contributed by atoms with Crippen LogP contribution in [0.25, 0.3) is 0 Å². The standard InChI is InChI=1S/C13H24N4O/c1-3-14-10-12-11-18-13(15-12)16(2)8-9-17-6-4-5-7-17/h11,14H,3-10H2,1-2H3. The van der Waals surface area contributed by atoms with Crippen molar-refractivity contribution in [3.8, 4) is 0 Å². The van der Waals surface area contributed by atoms with E-state index in [0.29, 0.717) is 0 Å². The van der Waals surface area contributed by atoms with Gasteiger partial charge in [0, 0.05) is 26.7 Å². The zero-order valence-electron chi connectivity index (χ0n) is 11.5. The van der Waals surface area contributed by atoms with Crippen LogP contribution >= 0.6 is 0 Å². The maximum Gasteiger partial charge on any atom is 0.297 e. The van der Waals surface area contributed by atoms with Gasteiger partial charge in [0.15, 0.2) is 0 Å². The zero-order valence-corrected chi connectivity index (χ0v) is 11.5. The maximum absolute atomic E-state index is 5.49. The van der Waals surface area contributed by atoms with E-state index < -0.39 is 0 Å². The van der Waals surface area contributed by atoms with Crippen molar-refractivity contribution in [2.75, 3.05) is 44.7 Å². The molecule has 0 aliphatic carbocycles. The van der Waals surface area contributed by atoms with Gasteiger partial charge in [0.25, 0.3) is 6.01 Å². The molecule has 0 atom stereocenters. The first-order valence-electron chi connectivity index (χ1n) is 6.88. The van der Waals surface area contributed by atoms with Crippen LogP contribution in [0.15, 0.2) is 10.7 Å². The van der Waals surface area contributed by atoms with Crippen LogP contribution in [0.5, 0.6) is 0 Å². The number of likely N-dealkylation sites (tertiary alicyclic amines) is 1. The zero-order chi connectivity index (χ0) is 12.8. The third kappa shape index (κ3) is 3.71. The normalized spacial score (nSPS) is 16.3. The van der Waals surface area contributed by atoms with Crippen LogP contribution in [0.2, 0.25) is 0 Å². The van der Waals surface area contributed by atoms with Crippen LogP contribution < -0.4 is 10.2 Å². The monoisotopic (exact) mass is 252 g/mol. The molecule has 102 valence electrons. The number of aromatic nitrogens is 1. The van der Waals surface area contributed by atoms with Crippen molar-refractivity contribution in [1.82, 2.24) is 15.2 Å². The molecule has 1 fully saturated rings. The lowest BCUT2D eigenvalue weighted by Crippen LogP contribution is -2.31. The summed E-state index contributed by atoms with van der Waals surface area (Å²) in [6.07, 6.45) is 4.43. The minimum atomic E-state index is 0.724. The molecular weight excluding hydrogens is 228 g/mol. The third-order valence-corrected chi connectivity index (χ3v) is 3.37. The number of hydrogen-bond acceptors (Lipinski definition) is 5. The Morgan fingerprint density at radius 3 is 2.94 bits per heavy atom. The lowest BCUT2D eigenvalue weighted by atomic mass is 10.4. The smallest absolute Gasteiger partial charge is 0.297 e. The fourth-order valence-corrected chi connectivity index (χ4v) is 2.20. The average Bonchev–Trinajstić information content (AvgIpc) is 3.04. The summed E-state index contributed by atoms with van der Waals surface area (Å²) in [4.78, 5) is 9.06. The number of likely N-dealkylation sites (N-methyl/N-ethyl adjacent to an activating group) is 1. The topological polar surface area (TPSA) is 44.5 Å². The Morgan fingerprint density at radius 1 is 1.44 bits per heavy atom. The van der Waals surface area contributed by atoms with Gasteiger partial charge in [0.05, 0.1) is 5.69 Å². The Labute approximate surface area is 109 Å². The highest BCUT2D eigenvalue weighted by Crippen LogP contribution is 2.13. The molecular formula is C13H24N4O. The molecule has 2 heterocycles. The van der Waals surface area contributed by atoms with E-state index in [1.165, 1.54) is 25.9 Å². The van der Waals surface area contributed by atoms with Gasteiger partial charge in [-0.25, -0.2) is 0 Å². The summed E-state index contributed by atoms with van der Waals surface area (Å²) in [7, 11) is 2.04. The molecule has 1 saturated heterocycles. The quantitative estimate of drug-likeness (QED) is 0.793. The van der Waals surface area contributed by atoms with Crippen molar-refractivity contribution in [2.24, 2.45) is 0 Å². The van der Waals surface area contributed by atoms with Gasteiger partial charge in [-0.2, -0.15) is 4.98 Å². The van der Waals surface area contributed by atoms with E-state index in [4.69, 9.17) is 4.42 Å². The number of nitrogens with one attached hydrogen (secondary N) is 1. The van der Waals surface area contributed by atoms with E-state index in [-0.39, 0.29) is 0 Å². The van der Waals surface area contributed by atoms with Crippen molar-refractivity contribution in [1.29, 1.82) is 0 Å². The number of anilines is 1. The van der Waals surface area contributed by atoms with Gasteiger partial charge >= 0.3 is 0 Å². The predicted octanol–water partition coefficient (Wildman–Crippen LogP) is 1.32. The summed E-state index contributed by atoms with van der Waals surface area (Å²) in [6.45, 7) is 8.37. The fourth-order valence-electron chi connectivity index (χ4n) is 2.20. The van der Waals surface area contributed by atoms with E-state index in [2.05, 4.69) is 27.0 Å². The molecule has 0 aromatic carbocycles. The van der Waals surface area contributed by atoms with Crippen LogP contribution in [0.3, 0.4) is 0 Å². The highest BCUT2D eigenvalue weighted by molar-refractivity contribution is 5.25. The summed E-state index contributed by atoms with van der Waals surface area (Å²) < 4.78 is 5.49. The van der Waals surface area contributed by atoms with Crippen LogP contribution in [0, 0.1) is 0 Å². The maximum atomic E-state index is 5.49. The first-order valence-corrected chi connectivity index (χ1v) is 6.88. The van der Waals surface area contributed by atoms with Crippen LogP contribution in [-0.2, 0) is 6.54 Å². The molecule has 0 unspecified atom stereocenters. The molecule has 0 amide bonds. The fraction of sp³-hybridized carbons (Fsp3) is 0.769. The molecule has 0 saturated carbocycles. The Bertz CT molecular complexity index is 347. The minimum Gasteiger partial charge on any atom is -0.432 e. The highest BCUT2D eigenvalue weighted by Gasteiger charge is 2.14. The molecule has 1 aliphatic heterocycles. The molecule has 0 spiro atoms. The minimum absolute atomic E-state index is 0.724. The summed E-state index contributed by atoms with van der Waals surface area (Å²) in [5.74, 6) is 0. The van der Waals surface area contributed by atoms with Crippen molar-refractivity contribution in [2.45, 2.75) is 26.3 Å². The van der Waals surface area contributed by atoms with E-state index in [9.17, 15) is 0 Å². The van der Waals surface area contributed by atoms with Crippen molar-refractivity contribution in [3.63, 3.8) is 0 Å². The van der Waals surface area contributed by atoms with Crippen molar-refractivity contribution < 1.29 is 4.42 Å². The SMILES string of the molecule is CCNCc1coc(N(C)CCN2CCCC2)n1. The molecule has 1 aromatic heterocycles. The number of nitrogens with zero attached hydrogens (tertiary/aromatic N) is 3. The van der Waals surface area contributed by atoms with Gasteiger partial charge in [0.1, 0.15) is 6.26 Å².